The van der Waals surface area contributed by atoms with Crippen molar-refractivity contribution in [3.63, 3.8) is 0 Å². The third-order valence-electron chi connectivity index (χ3n) is 3.43. The Morgan fingerprint density at radius 1 is 1.21 bits per heavy atom. The van der Waals surface area contributed by atoms with Crippen molar-refractivity contribution in [3.8, 4) is 11.5 Å². The van der Waals surface area contributed by atoms with E-state index in [0.717, 1.165) is 12.8 Å². The summed E-state index contributed by atoms with van der Waals surface area (Å²) in [6.45, 7) is 1.97. The quantitative estimate of drug-likeness (QED) is 0.776. The molecule has 0 radical (unpaired) electrons. The molecule has 0 aliphatic rings. The van der Waals surface area contributed by atoms with Gasteiger partial charge in [0.25, 0.3) is 5.91 Å². The number of aromatic nitrogens is 1. The molecule has 0 fully saturated rings. The van der Waals surface area contributed by atoms with Gasteiger partial charge in [0.2, 0.25) is 0 Å². The molecule has 0 aliphatic carbocycles. The van der Waals surface area contributed by atoms with Gasteiger partial charge < -0.3 is 15.2 Å². The molecule has 6 nitrogen and oxygen atoms in total. The monoisotopic (exact) mass is 328 g/mol. The Balaban J connectivity index is 2.06. The summed E-state index contributed by atoms with van der Waals surface area (Å²) in [6, 6.07) is 9.14. The van der Waals surface area contributed by atoms with Gasteiger partial charge in [-0.05, 0) is 36.8 Å². The first-order valence-corrected chi connectivity index (χ1v) is 7.81. The zero-order chi connectivity index (χ0) is 17.4. The number of benzene rings is 1. The first-order chi connectivity index (χ1) is 11.6. The van der Waals surface area contributed by atoms with E-state index in [1.807, 2.05) is 6.92 Å². The highest BCUT2D eigenvalue weighted by Crippen LogP contribution is 2.21. The molecule has 2 aromatic rings. The van der Waals surface area contributed by atoms with E-state index in [9.17, 15) is 14.7 Å². The summed E-state index contributed by atoms with van der Waals surface area (Å²) in [7, 11) is 0. The van der Waals surface area contributed by atoms with Gasteiger partial charge in [-0.25, -0.2) is 4.79 Å². The van der Waals surface area contributed by atoms with Crippen molar-refractivity contribution in [2.45, 2.75) is 32.2 Å². The smallest absolute Gasteiger partial charge is 0.326 e. The fourth-order valence-corrected chi connectivity index (χ4v) is 2.15. The number of carbonyl (C=O) groups is 2. The lowest BCUT2D eigenvalue weighted by atomic mass is 10.1. The SMILES string of the molecule is CCCCC(NC(=O)c1cccc(Oc2ccncc2)c1)C(=O)O. The van der Waals surface area contributed by atoms with Crippen LogP contribution in [-0.4, -0.2) is 28.0 Å². The van der Waals surface area contributed by atoms with Crippen LogP contribution in [0.3, 0.4) is 0 Å². The van der Waals surface area contributed by atoms with E-state index in [2.05, 4.69) is 10.3 Å². The Hall–Kier alpha value is -2.89. The first kappa shape index (κ1) is 17.5. The minimum Gasteiger partial charge on any atom is -0.480 e. The molecule has 6 heteroatoms. The number of carboxylic acids is 1. The molecule has 2 rings (SSSR count). The molecule has 0 bridgehead atoms. The number of ether oxygens (including phenoxy) is 1. The Morgan fingerprint density at radius 2 is 1.96 bits per heavy atom. The van der Waals surface area contributed by atoms with Crippen molar-refractivity contribution in [1.29, 1.82) is 0 Å². The van der Waals surface area contributed by atoms with Crippen LogP contribution in [0.2, 0.25) is 0 Å². The number of nitrogens with zero attached hydrogens (tertiary/aromatic N) is 1. The lowest BCUT2D eigenvalue weighted by Crippen LogP contribution is -2.40. The molecular weight excluding hydrogens is 308 g/mol. The average molecular weight is 328 g/mol. The molecule has 1 atom stereocenters. The molecule has 1 amide bonds. The second kappa shape index (κ2) is 8.67. The predicted octanol–water partition coefficient (Wildman–Crippen LogP) is 3.25. The molecule has 2 N–H and O–H groups in total. The summed E-state index contributed by atoms with van der Waals surface area (Å²) in [5, 5.41) is 11.8. The molecule has 1 heterocycles. The van der Waals surface area contributed by atoms with Gasteiger partial charge in [0.1, 0.15) is 17.5 Å². The average Bonchev–Trinajstić information content (AvgIpc) is 2.59. The molecule has 0 saturated carbocycles. The second-order valence-corrected chi connectivity index (χ2v) is 5.32. The van der Waals surface area contributed by atoms with E-state index in [1.165, 1.54) is 0 Å². The molecule has 1 aromatic carbocycles. The van der Waals surface area contributed by atoms with Gasteiger partial charge in [0.05, 0.1) is 0 Å². The summed E-state index contributed by atoms with van der Waals surface area (Å²) in [5.41, 5.74) is 0.351. The zero-order valence-corrected chi connectivity index (χ0v) is 13.4. The van der Waals surface area contributed by atoms with Gasteiger partial charge in [-0.15, -0.1) is 0 Å². The molecular formula is C18H20N2O4. The lowest BCUT2D eigenvalue weighted by molar-refractivity contribution is -0.139. The standard InChI is InChI=1S/C18H20N2O4/c1-2-3-7-16(18(22)23)20-17(21)13-5-4-6-15(12-13)24-14-8-10-19-11-9-14/h4-6,8-12,16H,2-3,7H2,1H3,(H,20,21)(H,22,23). The van der Waals surface area contributed by atoms with Crippen LogP contribution in [0.1, 0.15) is 36.5 Å². The van der Waals surface area contributed by atoms with Crippen molar-refractivity contribution >= 4 is 11.9 Å². The number of amides is 1. The number of aliphatic carboxylic acids is 1. The number of hydrogen-bond acceptors (Lipinski definition) is 4. The van der Waals surface area contributed by atoms with Gasteiger partial charge in [0, 0.05) is 18.0 Å². The number of nitrogens with one attached hydrogen (secondary N) is 1. The fraction of sp³-hybridized carbons (Fsp3) is 0.278. The minimum atomic E-state index is -1.03. The number of rotatable bonds is 8. The lowest BCUT2D eigenvalue weighted by Gasteiger charge is -2.14. The number of carboxylic acid groups (broad SMARTS) is 1. The van der Waals surface area contributed by atoms with E-state index in [0.29, 0.717) is 23.5 Å². The Kier molecular flexibility index (Phi) is 6.31. The molecule has 0 spiro atoms. The van der Waals surface area contributed by atoms with E-state index in [4.69, 9.17) is 4.74 Å². The third kappa shape index (κ3) is 5.08. The van der Waals surface area contributed by atoms with Crippen molar-refractivity contribution in [2.75, 3.05) is 0 Å². The van der Waals surface area contributed by atoms with E-state index >= 15 is 0 Å². The predicted molar refractivity (Wildman–Crippen MR) is 89.2 cm³/mol. The molecule has 0 saturated heterocycles. The van der Waals surface area contributed by atoms with Gasteiger partial charge >= 0.3 is 5.97 Å². The van der Waals surface area contributed by atoms with Gasteiger partial charge in [-0.3, -0.25) is 9.78 Å². The Labute approximate surface area is 140 Å². The number of carbonyl (C=O) groups excluding carboxylic acids is 1. The zero-order valence-electron chi connectivity index (χ0n) is 13.4. The summed E-state index contributed by atoms with van der Waals surface area (Å²) in [4.78, 5) is 27.4. The maximum atomic E-state index is 12.3. The van der Waals surface area contributed by atoms with Crippen LogP contribution < -0.4 is 10.1 Å². The maximum absolute atomic E-state index is 12.3. The Bertz CT molecular complexity index is 688. The molecule has 126 valence electrons. The number of pyridine rings is 1. The minimum absolute atomic E-state index is 0.351. The van der Waals surface area contributed by atoms with Crippen LogP contribution in [0.15, 0.2) is 48.8 Å². The van der Waals surface area contributed by atoms with E-state index in [-0.39, 0.29) is 0 Å². The van der Waals surface area contributed by atoms with Gasteiger partial charge in [-0.2, -0.15) is 0 Å². The largest absolute Gasteiger partial charge is 0.480 e. The molecule has 24 heavy (non-hydrogen) atoms. The van der Waals surface area contributed by atoms with Crippen LogP contribution in [0.5, 0.6) is 11.5 Å². The van der Waals surface area contributed by atoms with Crippen molar-refractivity contribution in [1.82, 2.24) is 10.3 Å². The highest BCUT2D eigenvalue weighted by atomic mass is 16.5. The summed E-state index contributed by atoms with van der Waals surface area (Å²) >= 11 is 0. The van der Waals surface area contributed by atoms with E-state index in [1.54, 1.807) is 48.8 Å². The first-order valence-electron chi connectivity index (χ1n) is 7.81. The summed E-state index contributed by atoms with van der Waals surface area (Å²) in [6.07, 6.45) is 5.23. The van der Waals surface area contributed by atoms with Crippen molar-refractivity contribution in [3.05, 3.63) is 54.4 Å². The molecule has 1 unspecified atom stereocenters. The molecule has 1 aromatic heterocycles. The summed E-state index contributed by atoms with van der Waals surface area (Å²) < 4.78 is 5.65. The van der Waals surface area contributed by atoms with Gasteiger partial charge in [0.15, 0.2) is 0 Å². The van der Waals surface area contributed by atoms with Crippen LogP contribution in [0, 0.1) is 0 Å². The highest BCUT2D eigenvalue weighted by molar-refractivity contribution is 5.96. The second-order valence-electron chi connectivity index (χ2n) is 5.32. The van der Waals surface area contributed by atoms with Crippen LogP contribution in [0.4, 0.5) is 0 Å². The highest BCUT2D eigenvalue weighted by Gasteiger charge is 2.20. The van der Waals surface area contributed by atoms with Crippen molar-refractivity contribution in [2.24, 2.45) is 0 Å². The maximum Gasteiger partial charge on any atom is 0.326 e. The van der Waals surface area contributed by atoms with E-state index < -0.39 is 17.9 Å². The number of hydrogen-bond donors (Lipinski definition) is 2. The van der Waals surface area contributed by atoms with Crippen LogP contribution in [0.25, 0.3) is 0 Å². The molecule has 0 aliphatic heterocycles. The van der Waals surface area contributed by atoms with Crippen molar-refractivity contribution < 1.29 is 19.4 Å². The Morgan fingerprint density at radius 3 is 2.62 bits per heavy atom. The van der Waals surface area contributed by atoms with Gasteiger partial charge in [-0.1, -0.05) is 25.8 Å². The fourth-order valence-electron chi connectivity index (χ4n) is 2.15. The normalized spacial score (nSPS) is 11.5. The van der Waals surface area contributed by atoms with Crippen LogP contribution >= 0.6 is 0 Å². The number of unbranched alkanes of at least 4 members (excludes halogenated alkanes) is 1. The third-order valence-corrected chi connectivity index (χ3v) is 3.43. The topological polar surface area (TPSA) is 88.5 Å². The van der Waals surface area contributed by atoms with Crippen LogP contribution in [-0.2, 0) is 4.79 Å². The summed E-state index contributed by atoms with van der Waals surface area (Å²) in [5.74, 6) is -0.358.